The van der Waals surface area contributed by atoms with E-state index in [1.54, 1.807) is 0 Å². The molecule has 0 fully saturated rings. The summed E-state index contributed by atoms with van der Waals surface area (Å²) in [7, 11) is 2.01. The van der Waals surface area contributed by atoms with Crippen molar-refractivity contribution in [1.29, 1.82) is 5.26 Å². The van der Waals surface area contributed by atoms with Crippen molar-refractivity contribution < 1.29 is 0 Å². The topological polar surface area (TPSA) is 27.0 Å². The van der Waals surface area contributed by atoms with E-state index in [-0.39, 0.29) is 0 Å². The molecule has 0 aromatic heterocycles. The molecule has 0 amide bonds. The highest BCUT2D eigenvalue weighted by atomic mass is 35.5. The number of halogens is 2. The van der Waals surface area contributed by atoms with Gasteiger partial charge < -0.3 is 4.90 Å². The van der Waals surface area contributed by atoms with Crippen molar-refractivity contribution in [2.75, 3.05) is 20.1 Å². The Balaban J connectivity index is 2.43. The molecular weight excluding hydrogens is 243 g/mol. The number of hydrogen-bond acceptors (Lipinski definition) is 2. The summed E-state index contributed by atoms with van der Waals surface area (Å²) in [6.45, 7) is 1.72. The zero-order chi connectivity index (χ0) is 12.0. The van der Waals surface area contributed by atoms with Crippen LogP contribution in [0.2, 0.25) is 10.0 Å². The number of benzene rings is 1. The molecule has 0 radical (unpaired) electrons. The van der Waals surface area contributed by atoms with Gasteiger partial charge in [-0.1, -0.05) is 29.3 Å². The van der Waals surface area contributed by atoms with Crippen molar-refractivity contribution >= 4 is 23.2 Å². The molecule has 0 aliphatic heterocycles. The van der Waals surface area contributed by atoms with E-state index in [4.69, 9.17) is 28.5 Å². The van der Waals surface area contributed by atoms with E-state index in [1.165, 1.54) is 5.56 Å². The van der Waals surface area contributed by atoms with E-state index in [0.717, 1.165) is 19.5 Å². The van der Waals surface area contributed by atoms with E-state index in [9.17, 15) is 0 Å². The van der Waals surface area contributed by atoms with Crippen molar-refractivity contribution in [2.45, 2.75) is 12.8 Å². The Hall–Kier alpha value is -0.750. The second-order valence-electron chi connectivity index (χ2n) is 3.71. The van der Waals surface area contributed by atoms with Crippen LogP contribution < -0.4 is 0 Å². The van der Waals surface area contributed by atoms with Crippen molar-refractivity contribution in [3.63, 3.8) is 0 Å². The van der Waals surface area contributed by atoms with Crippen LogP contribution in [0.5, 0.6) is 0 Å². The maximum atomic E-state index is 8.46. The Morgan fingerprint density at radius 1 is 1.25 bits per heavy atom. The molecule has 0 heterocycles. The summed E-state index contributed by atoms with van der Waals surface area (Å²) < 4.78 is 0. The fraction of sp³-hybridized carbons (Fsp3) is 0.417. The van der Waals surface area contributed by atoms with Crippen LogP contribution in [0, 0.1) is 11.3 Å². The summed E-state index contributed by atoms with van der Waals surface area (Å²) in [6, 6.07) is 7.82. The van der Waals surface area contributed by atoms with E-state index >= 15 is 0 Å². The summed E-state index contributed by atoms with van der Waals surface area (Å²) >= 11 is 11.8. The van der Waals surface area contributed by atoms with Crippen LogP contribution in [0.15, 0.2) is 18.2 Å². The highest BCUT2D eigenvalue weighted by Crippen LogP contribution is 2.22. The Labute approximate surface area is 106 Å². The predicted molar refractivity (Wildman–Crippen MR) is 67.9 cm³/mol. The first-order chi connectivity index (χ1) is 7.63. The second kappa shape index (κ2) is 6.75. The molecule has 4 heteroatoms. The smallest absolute Gasteiger partial charge is 0.0635 e. The molecule has 0 N–H and O–H groups in total. The number of hydrogen-bond donors (Lipinski definition) is 0. The molecule has 0 bridgehead atoms. The summed E-state index contributed by atoms with van der Waals surface area (Å²) in [5.74, 6) is 0. The lowest BCUT2D eigenvalue weighted by Crippen LogP contribution is -2.22. The van der Waals surface area contributed by atoms with Gasteiger partial charge in [-0.25, -0.2) is 0 Å². The predicted octanol–water partition coefficient (Wildman–Crippen LogP) is 3.38. The van der Waals surface area contributed by atoms with Gasteiger partial charge >= 0.3 is 0 Å². The third-order valence-electron chi connectivity index (χ3n) is 2.37. The molecule has 0 unspecified atom stereocenters. The fourth-order valence-electron chi connectivity index (χ4n) is 1.37. The van der Waals surface area contributed by atoms with E-state index < -0.39 is 0 Å². The Kier molecular flexibility index (Phi) is 5.62. The largest absolute Gasteiger partial charge is 0.305 e. The third kappa shape index (κ3) is 4.40. The molecule has 16 heavy (non-hydrogen) atoms. The average molecular weight is 257 g/mol. The zero-order valence-electron chi connectivity index (χ0n) is 9.21. The van der Waals surface area contributed by atoms with Crippen LogP contribution in [-0.2, 0) is 6.42 Å². The number of nitrogens with zero attached hydrogens (tertiary/aromatic N) is 2. The first kappa shape index (κ1) is 13.3. The van der Waals surface area contributed by atoms with Crippen LogP contribution in [0.1, 0.15) is 12.0 Å². The quantitative estimate of drug-likeness (QED) is 0.808. The standard InChI is InChI=1S/C12H14Cl2N2/c1-16(7-2-6-15)8-5-10-3-4-11(13)12(14)9-10/h3-4,9H,2,5,7-8H2,1H3. The SMILES string of the molecule is CN(CCC#N)CCc1ccc(Cl)c(Cl)c1. The minimum atomic E-state index is 0.567. The van der Waals surface area contributed by atoms with Crippen LogP contribution in [0.4, 0.5) is 0 Å². The highest BCUT2D eigenvalue weighted by molar-refractivity contribution is 6.42. The fourth-order valence-corrected chi connectivity index (χ4v) is 1.69. The minimum absolute atomic E-state index is 0.567. The van der Waals surface area contributed by atoms with Gasteiger partial charge in [0.15, 0.2) is 0 Å². The molecule has 1 aromatic rings. The lowest BCUT2D eigenvalue weighted by Gasteiger charge is -2.14. The molecule has 2 nitrogen and oxygen atoms in total. The molecule has 0 aliphatic rings. The van der Waals surface area contributed by atoms with Crippen LogP contribution >= 0.6 is 23.2 Å². The van der Waals surface area contributed by atoms with Gasteiger partial charge in [0.05, 0.1) is 16.1 Å². The van der Waals surface area contributed by atoms with Crippen LogP contribution in [0.25, 0.3) is 0 Å². The normalized spacial score (nSPS) is 10.4. The van der Waals surface area contributed by atoms with Gasteiger partial charge in [0.1, 0.15) is 0 Å². The van der Waals surface area contributed by atoms with Crippen LogP contribution in [-0.4, -0.2) is 25.0 Å². The van der Waals surface area contributed by atoms with E-state index in [0.29, 0.717) is 16.5 Å². The first-order valence-corrected chi connectivity index (χ1v) is 5.88. The number of rotatable bonds is 5. The molecule has 0 atom stereocenters. The molecule has 0 spiro atoms. The first-order valence-electron chi connectivity index (χ1n) is 5.13. The van der Waals surface area contributed by atoms with Gasteiger partial charge in [0.25, 0.3) is 0 Å². The lowest BCUT2D eigenvalue weighted by atomic mass is 10.1. The summed E-state index contributed by atoms with van der Waals surface area (Å²) in [6.07, 6.45) is 1.48. The Bertz CT molecular complexity index is 385. The van der Waals surface area contributed by atoms with Gasteiger partial charge in [-0.05, 0) is 31.2 Å². The summed E-state index contributed by atoms with van der Waals surface area (Å²) in [4.78, 5) is 2.13. The maximum absolute atomic E-state index is 8.46. The van der Waals surface area contributed by atoms with Crippen LogP contribution in [0.3, 0.4) is 0 Å². The molecular formula is C12H14Cl2N2. The van der Waals surface area contributed by atoms with Crippen molar-refractivity contribution in [2.24, 2.45) is 0 Å². The molecule has 0 aliphatic carbocycles. The van der Waals surface area contributed by atoms with Crippen molar-refractivity contribution in [1.82, 2.24) is 4.90 Å². The molecule has 86 valence electrons. The molecule has 1 rings (SSSR count). The summed E-state index contributed by atoms with van der Waals surface area (Å²) in [5.41, 5.74) is 1.17. The zero-order valence-corrected chi connectivity index (χ0v) is 10.7. The highest BCUT2D eigenvalue weighted by Gasteiger charge is 2.02. The third-order valence-corrected chi connectivity index (χ3v) is 3.11. The van der Waals surface area contributed by atoms with Gasteiger partial charge in [-0.2, -0.15) is 5.26 Å². The Morgan fingerprint density at radius 3 is 2.62 bits per heavy atom. The van der Waals surface area contributed by atoms with Gasteiger partial charge in [-0.3, -0.25) is 0 Å². The van der Waals surface area contributed by atoms with Crippen molar-refractivity contribution in [3.05, 3.63) is 33.8 Å². The van der Waals surface area contributed by atoms with Gasteiger partial charge in [0, 0.05) is 19.5 Å². The summed E-state index contributed by atoms with van der Waals surface area (Å²) in [5, 5.41) is 9.64. The van der Waals surface area contributed by atoms with Crippen molar-refractivity contribution in [3.8, 4) is 6.07 Å². The van der Waals surface area contributed by atoms with Gasteiger partial charge in [0.2, 0.25) is 0 Å². The van der Waals surface area contributed by atoms with Gasteiger partial charge in [-0.15, -0.1) is 0 Å². The monoisotopic (exact) mass is 256 g/mol. The molecule has 0 saturated heterocycles. The Morgan fingerprint density at radius 2 is 2.00 bits per heavy atom. The number of nitriles is 1. The lowest BCUT2D eigenvalue weighted by molar-refractivity contribution is 0.346. The minimum Gasteiger partial charge on any atom is -0.305 e. The van der Waals surface area contributed by atoms with E-state index in [1.807, 2.05) is 25.2 Å². The molecule has 1 aromatic carbocycles. The molecule has 0 saturated carbocycles. The maximum Gasteiger partial charge on any atom is 0.0635 e. The average Bonchev–Trinajstić information content (AvgIpc) is 2.28. The van der Waals surface area contributed by atoms with E-state index in [2.05, 4.69) is 11.0 Å². The second-order valence-corrected chi connectivity index (χ2v) is 4.52. The number of likely N-dealkylation sites (N-methyl/N-ethyl adjacent to an activating group) is 1.